The fourth-order valence-electron chi connectivity index (χ4n) is 2.70. The third kappa shape index (κ3) is 4.57. The molecular weight excluding hydrogens is 374 g/mol. The molecule has 0 radical (unpaired) electrons. The van der Waals surface area contributed by atoms with Crippen LogP contribution in [0.4, 0.5) is 10.5 Å². The summed E-state index contributed by atoms with van der Waals surface area (Å²) in [5.41, 5.74) is 1.14. The minimum Gasteiger partial charge on any atom is -0.454 e. The topological polar surface area (TPSA) is 105 Å². The zero-order valence-corrected chi connectivity index (χ0v) is 16.4. The molecule has 0 unspecified atom stereocenters. The highest BCUT2D eigenvalue weighted by Gasteiger charge is 2.47. The first kappa shape index (κ1) is 20.7. The summed E-state index contributed by atoms with van der Waals surface area (Å²) in [6.45, 7) is 5.89. The van der Waals surface area contributed by atoms with Gasteiger partial charge in [0.25, 0.3) is 11.8 Å². The van der Waals surface area contributed by atoms with Crippen molar-refractivity contribution in [2.75, 3.05) is 18.5 Å². The third-order valence-corrected chi connectivity index (χ3v) is 4.70. The fraction of sp³-hybridized carbons (Fsp3) is 0.444. The first-order valence-corrected chi connectivity index (χ1v) is 8.81. The summed E-state index contributed by atoms with van der Waals surface area (Å²) in [4.78, 5) is 48.8. The highest BCUT2D eigenvalue weighted by Crippen LogP contribution is 2.27. The number of carbonyl (C=O) groups excluding carboxylic acids is 4. The van der Waals surface area contributed by atoms with Crippen molar-refractivity contribution in [2.24, 2.45) is 0 Å². The standard InChI is InChI=1S/C18H22ClN3O5/c1-5-18(4)16(25)22(17(26)21-18)8-14(24)27-9-13(23)20-15-11(3)6-10(2)7-12(15)19/h6-7H,5,8-9H2,1-4H3,(H,20,23)(H,21,26)/t18-/m1/s1. The molecule has 2 rings (SSSR count). The summed E-state index contributed by atoms with van der Waals surface area (Å²) < 4.78 is 4.87. The highest BCUT2D eigenvalue weighted by molar-refractivity contribution is 6.34. The number of anilines is 1. The number of urea groups is 1. The molecule has 2 N–H and O–H groups in total. The van der Waals surface area contributed by atoms with Crippen molar-refractivity contribution in [3.63, 3.8) is 0 Å². The summed E-state index contributed by atoms with van der Waals surface area (Å²) in [7, 11) is 0. The molecule has 8 nitrogen and oxygen atoms in total. The number of rotatable bonds is 6. The molecule has 0 bridgehead atoms. The van der Waals surface area contributed by atoms with Crippen LogP contribution in [0.5, 0.6) is 0 Å². The largest absolute Gasteiger partial charge is 0.454 e. The molecule has 9 heteroatoms. The first-order valence-electron chi connectivity index (χ1n) is 8.43. The minimum absolute atomic E-state index is 0.380. The Morgan fingerprint density at radius 2 is 1.96 bits per heavy atom. The van der Waals surface area contributed by atoms with Crippen LogP contribution in [0.2, 0.25) is 5.02 Å². The highest BCUT2D eigenvalue weighted by atomic mass is 35.5. The molecule has 27 heavy (non-hydrogen) atoms. The Kier molecular flexibility index (Phi) is 6.10. The van der Waals surface area contributed by atoms with Crippen LogP contribution in [0.3, 0.4) is 0 Å². The van der Waals surface area contributed by atoms with E-state index in [1.54, 1.807) is 26.8 Å². The quantitative estimate of drug-likeness (QED) is 0.567. The maximum Gasteiger partial charge on any atom is 0.326 e. The van der Waals surface area contributed by atoms with Crippen LogP contribution in [0.1, 0.15) is 31.4 Å². The zero-order valence-electron chi connectivity index (χ0n) is 15.6. The third-order valence-electron chi connectivity index (χ3n) is 4.40. The van der Waals surface area contributed by atoms with Crippen LogP contribution < -0.4 is 10.6 Å². The maximum atomic E-state index is 12.2. The number of carbonyl (C=O) groups is 4. The van der Waals surface area contributed by atoms with Gasteiger partial charge in [-0.25, -0.2) is 4.79 Å². The van der Waals surface area contributed by atoms with E-state index in [2.05, 4.69) is 10.6 Å². The Labute approximate surface area is 162 Å². The van der Waals surface area contributed by atoms with Crippen LogP contribution >= 0.6 is 11.6 Å². The number of hydrogen-bond acceptors (Lipinski definition) is 5. The summed E-state index contributed by atoms with van der Waals surface area (Å²) in [6, 6.07) is 2.90. The van der Waals surface area contributed by atoms with Crippen molar-refractivity contribution in [1.82, 2.24) is 10.2 Å². The predicted molar refractivity (Wildman–Crippen MR) is 99.5 cm³/mol. The van der Waals surface area contributed by atoms with Gasteiger partial charge in [-0.05, 0) is 44.4 Å². The monoisotopic (exact) mass is 395 g/mol. The Morgan fingerprint density at radius 1 is 1.30 bits per heavy atom. The van der Waals surface area contributed by atoms with Gasteiger partial charge in [-0.2, -0.15) is 0 Å². The van der Waals surface area contributed by atoms with E-state index in [-0.39, 0.29) is 0 Å². The molecule has 4 amide bonds. The molecule has 1 fully saturated rings. The van der Waals surface area contributed by atoms with Gasteiger partial charge in [0.15, 0.2) is 6.61 Å². The lowest BCUT2D eigenvalue weighted by Gasteiger charge is -2.18. The van der Waals surface area contributed by atoms with Crippen LogP contribution in [-0.2, 0) is 19.1 Å². The van der Waals surface area contributed by atoms with Gasteiger partial charge in [-0.3, -0.25) is 19.3 Å². The Bertz CT molecular complexity index is 787. The normalized spacial score (nSPS) is 19.1. The molecule has 0 aromatic heterocycles. The van der Waals surface area contributed by atoms with Gasteiger partial charge in [0, 0.05) is 0 Å². The molecule has 1 saturated heterocycles. The summed E-state index contributed by atoms with van der Waals surface area (Å²) in [5, 5.41) is 5.50. The Hall–Kier alpha value is -2.61. The number of halogens is 1. The van der Waals surface area contributed by atoms with Gasteiger partial charge in [-0.15, -0.1) is 0 Å². The van der Waals surface area contributed by atoms with Gasteiger partial charge in [0.05, 0.1) is 10.7 Å². The number of amides is 4. The minimum atomic E-state index is -1.03. The predicted octanol–water partition coefficient (Wildman–Crippen LogP) is 2.16. The van der Waals surface area contributed by atoms with Gasteiger partial charge < -0.3 is 15.4 Å². The van der Waals surface area contributed by atoms with Crippen molar-refractivity contribution in [3.8, 4) is 0 Å². The molecule has 0 spiro atoms. The SMILES string of the molecule is CC[C@@]1(C)NC(=O)N(CC(=O)OCC(=O)Nc2c(C)cc(C)cc2Cl)C1=O. The van der Waals surface area contributed by atoms with Crippen LogP contribution in [0, 0.1) is 13.8 Å². The Morgan fingerprint density at radius 3 is 2.52 bits per heavy atom. The molecule has 1 atom stereocenters. The number of ether oxygens (including phenoxy) is 1. The maximum absolute atomic E-state index is 12.2. The second kappa shape index (κ2) is 7.96. The number of benzene rings is 1. The molecule has 1 aromatic carbocycles. The lowest BCUT2D eigenvalue weighted by molar-refractivity contribution is -0.150. The van der Waals surface area contributed by atoms with Gasteiger partial charge in [0.2, 0.25) is 0 Å². The molecule has 1 aliphatic heterocycles. The van der Waals surface area contributed by atoms with Crippen molar-refractivity contribution >= 4 is 41.1 Å². The second-order valence-electron chi connectivity index (χ2n) is 6.65. The number of esters is 1. The number of aryl methyl sites for hydroxylation is 2. The summed E-state index contributed by atoms with van der Waals surface area (Å²) >= 11 is 6.12. The molecular formula is C18H22ClN3O5. The number of imide groups is 1. The van der Waals surface area contributed by atoms with E-state index in [0.717, 1.165) is 16.0 Å². The average molecular weight is 396 g/mol. The van der Waals surface area contributed by atoms with Crippen molar-refractivity contribution < 1.29 is 23.9 Å². The smallest absolute Gasteiger partial charge is 0.326 e. The van der Waals surface area contributed by atoms with Crippen molar-refractivity contribution in [2.45, 2.75) is 39.7 Å². The van der Waals surface area contributed by atoms with Crippen molar-refractivity contribution in [1.29, 1.82) is 0 Å². The summed E-state index contributed by atoms with van der Waals surface area (Å²) in [5.74, 6) is -1.94. The molecule has 0 aliphatic carbocycles. The van der Waals surface area contributed by atoms with E-state index in [9.17, 15) is 19.2 Å². The number of nitrogens with one attached hydrogen (secondary N) is 2. The van der Waals surface area contributed by atoms with Crippen molar-refractivity contribution in [3.05, 3.63) is 28.3 Å². The van der Waals surface area contributed by atoms with Gasteiger partial charge in [0.1, 0.15) is 12.1 Å². The van der Waals surface area contributed by atoms with Crippen LogP contribution in [0.25, 0.3) is 0 Å². The van der Waals surface area contributed by atoms with E-state index >= 15 is 0 Å². The van der Waals surface area contributed by atoms with Crippen LogP contribution in [-0.4, -0.2) is 47.4 Å². The van der Waals surface area contributed by atoms with E-state index in [1.165, 1.54) is 0 Å². The number of nitrogens with zero attached hydrogens (tertiary/aromatic N) is 1. The molecule has 146 valence electrons. The van der Waals surface area contributed by atoms with E-state index in [0.29, 0.717) is 17.1 Å². The lowest BCUT2D eigenvalue weighted by Crippen LogP contribution is -2.43. The van der Waals surface area contributed by atoms with E-state index in [4.69, 9.17) is 16.3 Å². The van der Waals surface area contributed by atoms with E-state index < -0.39 is 42.5 Å². The Balaban J connectivity index is 1.90. The van der Waals surface area contributed by atoms with Gasteiger partial charge in [-0.1, -0.05) is 24.6 Å². The number of hydrogen-bond donors (Lipinski definition) is 2. The molecule has 0 saturated carbocycles. The van der Waals surface area contributed by atoms with Crippen LogP contribution in [0.15, 0.2) is 12.1 Å². The molecule has 1 heterocycles. The first-order chi connectivity index (χ1) is 12.6. The van der Waals surface area contributed by atoms with Gasteiger partial charge >= 0.3 is 12.0 Å². The second-order valence-corrected chi connectivity index (χ2v) is 7.06. The average Bonchev–Trinajstić information content (AvgIpc) is 2.80. The summed E-state index contributed by atoms with van der Waals surface area (Å²) in [6.07, 6.45) is 0.391. The lowest BCUT2D eigenvalue weighted by atomic mass is 9.99. The molecule has 1 aromatic rings. The zero-order chi connectivity index (χ0) is 20.4. The molecule has 1 aliphatic rings. The fourth-order valence-corrected chi connectivity index (χ4v) is 3.07. The van der Waals surface area contributed by atoms with E-state index in [1.807, 2.05) is 13.0 Å².